The molecule has 0 unspecified atom stereocenters. The lowest BCUT2D eigenvalue weighted by atomic mass is 9.90. The molecule has 1 atom stereocenters. The quantitative estimate of drug-likeness (QED) is 0.706. The van der Waals surface area contributed by atoms with Crippen molar-refractivity contribution in [2.45, 2.75) is 50.5 Å². The van der Waals surface area contributed by atoms with E-state index in [2.05, 4.69) is 41.4 Å². The van der Waals surface area contributed by atoms with Crippen LogP contribution in [-0.4, -0.2) is 38.4 Å². The van der Waals surface area contributed by atoms with Crippen LogP contribution < -0.4 is 10.5 Å². The van der Waals surface area contributed by atoms with Gasteiger partial charge in [-0.1, -0.05) is 29.8 Å². The topological polar surface area (TPSA) is 92.5 Å². The monoisotopic (exact) mass is 429 g/mol. The Hall–Kier alpha value is -2.22. The second-order valence-electron chi connectivity index (χ2n) is 8.24. The molecule has 0 aliphatic carbocycles. The molecule has 0 radical (unpaired) electrons. The first kappa shape index (κ1) is 22.5. The number of primary sulfonamides is 1. The van der Waals surface area contributed by atoms with Gasteiger partial charge in [-0.15, -0.1) is 0 Å². The first-order chi connectivity index (χ1) is 14.2. The highest BCUT2D eigenvalue weighted by Gasteiger charge is 2.26. The van der Waals surface area contributed by atoms with Crippen LogP contribution >= 0.6 is 0 Å². The number of benzene rings is 2. The predicted molar refractivity (Wildman–Crippen MR) is 120 cm³/mol. The summed E-state index contributed by atoms with van der Waals surface area (Å²) >= 11 is 0. The molecular weight excluding hydrogens is 398 g/mol. The minimum Gasteiger partial charge on any atom is -0.325 e. The molecule has 0 aromatic heterocycles. The predicted octanol–water partition coefficient (Wildman–Crippen LogP) is 3.31. The van der Waals surface area contributed by atoms with Gasteiger partial charge in [0.2, 0.25) is 15.9 Å². The van der Waals surface area contributed by atoms with E-state index in [1.54, 1.807) is 12.1 Å². The molecule has 1 saturated heterocycles. The van der Waals surface area contributed by atoms with Crippen molar-refractivity contribution in [2.24, 2.45) is 11.1 Å². The lowest BCUT2D eigenvalue weighted by Gasteiger charge is -2.35. The smallest absolute Gasteiger partial charge is 0.241 e. The third-order valence-electron chi connectivity index (χ3n) is 5.99. The number of aryl methyl sites for hydroxylation is 2. The Balaban J connectivity index is 1.45. The van der Waals surface area contributed by atoms with Crippen molar-refractivity contribution in [3.63, 3.8) is 0 Å². The zero-order valence-corrected chi connectivity index (χ0v) is 18.5. The Labute approximate surface area is 179 Å². The van der Waals surface area contributed by atoms with Crippen LogP contribution in [0.2, 0.25) is 0 Å². The lowest BCUT2D eigenvalue weighted by molar-refractivity contribution is -0.121. The molecule has 6 nitrogen and oxygen atoms in total. The molecule has 1 heterocycles. The van der Waals surface area contributed by atoms with Gasteiger partial charge in [0.1, 0.15) is 0 Å². The molecule has 3 N–H and O–H groups in total. The number of rotatable bonds is 7. The van der Waals surface area contributed by atoms with Crippen molar-refractivity contribution < 1.29 is 13.2 Å². The second kappa shape index (κ2) is 9.73. The van der Waals surface area contributed by atoms with Crippen molar-refractivity contribution in [1.29, 1.82) is 0 Å². The first-order valence-electron chi connectivity index (χ1n) is 10.5. The summed E-state index contributed by atoms with van der Waals surface area (Å²) in [4.78, 5) is 14.9. The number of nitrogens with zero attached hydrogens (tertiary/aromatic N) is 1. The van der Waals surface area contributed by atoms with E-state index >= 15 is 0 Å². The molecular formula is C23H31N3O3S. The minimum atomic E-state index is -3.73. The number of nitrogens with one attached hydrogen (secondary N) is 1. The van der Waals surface area contributed by atoms with E-state index in [0.717, 1.165) is 32.4 Å². The van der Waals surface area contributed by atoms with Gasteiger partial charge in [0.15, 0.2) is 0 Å². The Morgan fingerprint density at radius 1 is 1.10 bits per heavy atom. The molecule has 3 rings (SSSR count). The molecule has 2 aromatic rings. The first-order valence-corrected chi connectivity index (χ1v) is 12.0. The molecule has 1 amide bonds. The molecule has 0 bridgehead atoms. The average molecular weight is 430 g/mol. The largest absolute Gasteiger partial charge is 0.325 e. The van der Waals surface area contributed by atoms with Crippen LogP contribution in [0.4, 0.5) is 5.69 Å². The van der Waals surface area contributed by atoms with Crippen LogP contribution in [0.15, 0.2) is 53.4 Å². The van der Waals surface area contributed by atoms with Crippen LogP contribution in [0.1, 0.15) is 37.3 Å². The van der Waals surface area contributed by atoms with Gasteiger partial charge in [-0.3, -0.25) is 9.69 Å². The summed E-state index contributed by atoms with van der Waals surface area (Å²) < 4.78 is 22.7. The Morgan fingerprint density at radius 2 is 1.70 bits per heavy atom. The van der Waals surface area contributed by atoms with Gasteiger partial charge in [0.25, 0.3) is 0 Å². The molecule has 162 valence electrons. The summed E-state index contributed by atoms with van der Waals surface area (Å²) in [7, 11) is -3.73. The maximum absolute atomic E-state index is 12.6. The van der Waals surface area contributed by atoms with Crippen molar-refractivity contribution in [3.8, 4) is 0 Å². The molecule has 7 heteroatoms. The number of amides is 1. The van der Waals surface area contributed by atoms with E-state index < -0.39 is 10.0 Å². The summed E-state index contributed by atoms with van der Waals surface area (Å²) in [5.74, 6) is 0.611. The zero-order chi connectivity index (χ0) is 21.7. The van der Waals surface area contributed by atoms with Crippen molar-refractivity contribution in [3.05, 3.63) is 59.7 Å². The summed E-state index contributed by atoms with van der Waals surface area (Å²) in [5.41, 5.74) is 3.25. The second-order valence-corrected chi connectivity index (χ2v) is 9.80. The maximum atomic E-state index is 12.6. The van der Waals surface area contributed by atoms with Crippen LogP contribution in [-0.2, 0) is 21.2 Å². The Morgan fingerprint density at radius 3 is 2.27 bits per heavy atom. The highest BCUT2D eigenvalue weighted by molar-refractivity contribution is 7.89. The summed E-state index contributed by atoms with van der Waals surface area (Å²) in [6.45, 7) is 5.85. The van der Waals surface area contributed by atoms with Gasteiger partial charge in [0.05, 0.1) is 10.9 Å². The lowest BCUT2D eigenvalue weighted by Crippen LogP contribution is -2.46. The zero-order valence-electron chi connectivity index (χ0n) is 17.7. The standard InChI is InChI=1S/C23H31N3O3S/c1-17-3-5-19(6-4-17)7-8-20-13-15-26(16-14-20)18(2)23(27)25-21-9-11-22(12-10-21)30(24,28)29/h3-6,9-12,18,20H,7-8,13-16H2,1-2H3,(H,25,27)(H2,24,28,29)/t18-/m0/s1. The summed E-state index contributed by atoms with van der Waals surface area (Å²) in [5, 5.41) is 7.97. The molecule has 1 aliphatic rings. The third kappa shape index (κ3) is 6.14. The number of hydrogen-bond acceptors (Lipinski definition) is 4. The van der Waals surface area contributed by atoms with Gasteiger partial charge in [0, 0.05) is 5.69 Å². The molecule has 0 saturated carbocycles. The number of hydrogen-bond donors (Lipinski definition) is 2. The van der Waals surface area contributed by atoms with E-state index in [9.17, 15) is 13.2 Å². The molecule has 30 heavy (non-hydrogen) atoms. The van der Waals surface area contributed by atoms with Crippen LogP contribution in [0, 0.1) is 12.8 Å². The number of anilines is 1. The normalized spacial score (nSPS) is 16.9. The number of carbonyl (C=O) groups excluding carboxylic acids is 1. The summed E-state index contributed by atoms with van der Waals surface area (Å²) in [6, 6.07) is 14.4. The fourth-order valence-electron chi connectivity index (χ4n) is 3.89. The summed E-state index contributed by atoms with van der Waals surface area (Å²) in [6.07, 6.45) is 4.50. The van der Waals surface area contributed by atoms with E-state index in [4.69, 9.17) is 5.14 Å². The van der Waals surface area contributed by atoms with Crippen LogP contribution in [0.25, 0.3) is 0 Å². The minimum absolute atomic E-state index is 0.0289. The van der Waals surface area contributed by atoms with Gasteiger partial charge in [-0.05, 0) is 88.4 Å². The Kier molecular flexibility index (Phi) is 7.28. The number of carbonyl (C=O) groups is 1. The van der Waals surface area contributed by atoms with Crippen molar-refractivity contribution in [1.82, 2.24) is 4.90 Å². The Bertz CT molecular complexity index is 948. The highest BCUT2D eigenvalue weighted by atomic mass is 32.2. The third-order valence-corrected chi connectivity index (χ3v) is 6.92. The van der Waals surface area contributed by atoms with Crippen molar-refractivity contribution >= 4 is 21.6 Å². The van der Waals surface area contributed by atoms with E-state index in [1.165, 1.54) is 29.7 Å². The highest BCUT2D eigenvalue weighted by Crippen LogP contribution is 2.24. The molecule has 0 spiro atoms. The van der Waals surface area contributed by atoms with E-state index in [-0.39, 0.29) is 16.8 Å². The number of sulfonamides is 1. The van der Waals surface area contributed by atoms with E-state index in [0.29, 0.717) is 11.6 Å². The van der Waals surface area contributed by atoms with Gasteiger partial charge in [-0.25, -0.2) is 13.6 Å². The van der Waals surface area contributed by atoms with E-state index in [1.807, 2.05) is 6.92 Å². The van der Waals surface area contributed by atoms with Gasteiger partial charge >= 0.3 is 0 Å². The average Bonchev–Trinajstić information content (AvgIpc) is 2.73. The number of nitrogens with two attached hydrogens (primary N) is 1. The maximum Gasteiger partial charge on any atom is 0.241 e. The number of likely N-dealkylation sites (tertiary alicyclic amines) is 1. The number of piperidine rings is 1. The van der Waals surface area contributed by atoms with Gasteiger partial charge < -0.3 is 5.32 Å². The van der Waals surface area contributed by atoms with Gasteiger partial charge in [-0.2, -0.15) is 0 Å². The fraction of sp³-hybridized carbons (Fsp3) is 0.435. The SMILES string of the molecule is Cc1ccc(CCC2CCN([C@@H](C)C(=O)Nc3ccc(S(N)(=O)=O)cc3)CC2)cc1. The molecule has 2 aromatic carbocycles. The fourth-order valence-corrected chi connectivity index (χ4v) is 4.41. The molecule has 1 aliphatic heterocycles. The van der Waals surface area contributed by atoms with Crippen LogP contribution in [0.5, 0.6) is 0 Å². The van der Waals surface area contributed by atoms with Crippen LogP contribution in [0.3, 0.4) is 0 Å². The van der Waals surface area contributed by atoms with Crippen molar-refractivity contribution in [2.75, 3.05) is 18.4 Å². The molecule has 1 fully saturated rings.